The van der Waals surface area contributed by atoms with Crippen molar-refractivity contribution in [2.75, 3.05) is 17.7 Å². The lowest BCUT2D eigenvalue weighted by Gasteiger charge is -2.12. The lowest BCUT2D eigenvalue weighted by atomic mass is 10.1. The van der Waals surface area contributed by atoms with Crippen molar-refractivity contribution in [3.8, 4) is 5.75 Å². The topological polar surface area (TPSA) is 111 Å². The molecule has 0 heterocycles. The molecule has 4 N–H and O–H groups in total. The Bertz CT molecular complexity index is 785. The van der Waals surface area contributed by atoms with Gasteiger partial charge < -0.3 is 21.1 Å². The van der Waals surface area contributed by atoms with Gasteiger partial charge in [0.05, 0.1) is 12.7 Å². The summed E-state index contributed by atoms with van der Waals surface area (Å²) in [6.45, 7) is 1.38. The molecule has 0 aliphatic heterocycles. The summed E-state index contributed by atoms with van der Waals surface area (Å²) in [7, 11) is 1.45. The van der Waals surface area contributed by atoms with Crippen LogP contribution in [0.3, 0.4) is 0 Å². The van der Waals surface area contributed by atoms with Gasteiger partial charge in [-0.2, -0.15) is 0 Å². The third kappa shape index (κ3) is 4.10. The predicted octanol–water partition coefficient (Wildman–Crippen LogP) is 2.00. The molecule has 0 radical (unpaired) electrons. The Balaban J connectivity index is 2.24. The summed E-state index contributed by atoms with van der Waals surface area (Å²) in [5.74, 6) is -0.827. The van der Waals surface area contributed by atoms with Gasteiger partial charge in [-0.25, -0.2) is 0 Å². The zero-order valence-corrected chi connectivity index (χ0v) is 13.3. The SMILES string of the molecule is COc1ccc(NC(C)=O)cc1C(=O)Nc1ccc(C(N)=O)cc1. The fourth-order valence-electron chi connectivity index (χ4n) is 2.08. The molecule has 0 fully saturated rings. The molecule has 2 rings (SSSR count). The highest BCUT2D eigenvalue weighted by molar-refractivity contribution is 6.07. The molecule has 0 saturated carbocycles. The minimum Gasteiger partial charge on any atom is -0.496 e. The molecule has 0 aliphatic rings. The van der Waals surface area contributed by atoms with Crippen LogP contribution in [-0.4, -0.2) is 24.8 Å². The Labute approximate surface area is 138 Å². The van der Waals surface area contributed by atoms with E-state index in [0.717, 1.165) is 0 Å². The van der Waals surface area contributed by atoms with Gasteiger partial charge in [-0.1, -0.05) is 0 Å². The second kappa shape index (κ2) is 7.28. The Morgan fingerprint density at radius 2 is 1.58 bits per heavy atom. The lowest BCUT2D eigenvalue weighted by Crippen LogP contribution is -2.15. The average Bonchev–Trinajstić information content (AvgIpc) is 2.54. The zero-order valence-electron chi connectivity index (χ0n) is 13.3. The number of methoxy groups -OCH3 is 1. The van der Waals surface area contributed by atoms with Crippen LogP contribution >= 0.6 is 0 Å². The van der Waals surface area contributed by atoms with Crippen LogP contribution in [0, 0.1) is 0 Å². The number of hydrogen-bond acceptors (Lipinski definition) is 4. The highest BCUT2D eigenvalue weighted by Gasteiger charge is 2.14. The summed E-state index contributed by atoms with van der Waals surface area (Å²) in [4.78, 5) is 34.7. The molecule has 24 heavy (non-hydrogen) atoms. The molecule has 0 aromatic heterocycles. The van der Waals surface area contributed by atoms with Crippen molar-refractivity contribution < 1.29 is 19.1 Å². The molecule has 0 saturated heterocycles. The summed E-state index contributed by atoms with van der Waals surface area (Å²) >= 11 is 0. The van der Waals surface area contributed by atoms with E-state index in [1.165, 1.54) is 32.2 Å². The molecule has 0 bridgehead atoms. The number of nitrogens with two attached hydrogens (primary N) is 1. The molecule has 2 aromatic rings. The first kappa shape index (κ1) is 17.0. The number of anilines is 2. The second-order valence-corrected chi connectivity index (χ2v) is 4.99. The number of rotatable bonds is 5. The molecule has 0 unspecified atom stereocenters. The number of primary amides is 1. The Kier molecular flexibility index (Phi) is 5.16. The molecule has 0 atom stereocenters. The van der Waals surface area contributed by atoms with Gasteiger partial charge in [0.1, 0.15) is 5.75 Å². The van der Waals surface area contributed by atoms with E-state index in [2.05, 4.69) is 10.6 Å². The number of ether oxygens (including phenoxy) is 1. The summed E-state index contributed by atoms with van der Waals surface area (Å²) in [5, 5.41) is 5.31. The van der Waals surface area contributed by atoms with Crippen molar-refractivity contribution in [1.82, 2.24) is 0 Å². The first-order chi connectivity index (χ1) is 11.4. The van der Waals surface area contributed by atoms with Crippen LogP contribution in [0.25, 0.3) is 0 Å². The molecule has 0 aliphatic carbocycles. The Morgan fingerprint density at radius 1 is 0.958 bits per heavy atom. The van der Waals surface area contributed by atoms with Crippen molar-refractivity contribution in [2.24, 2.45) is 5.73 Å². The van der Waals surface area contributed by atoms with Crippen LogP contribution in [-0.2, 0) is 4.79 Å². The van der Waals surface area contributed by atoms with Crippen molar-refractivity contribution in [3.05, 3.63) is 53.6 Å². The van der Waals surface area contributed by atoms with Crippen LogP contribution in [0.5, 0.6) is 5.75 Å². The smallest absolute Gasteiger partial charge is 0.259 e. The number of carbonyl (C=O) groups is 3. The number of amides is 3. The fourth-order valence-corrected chi connectivity index (χ4v) is 2.08. The van der Waals surface area contributed by atoms with Crippen molar-refractivity contribution in [1.29, 1.82) is 0 Å². The van der Waals surface area contributed by atoms with E-state index < -0.39 is 11.8 Å². The maximum absolute atomic E-state index is 12.5. The molecule has 0 spiro atoms. The number of hydrogen-bond donors (Lipinski definition) is 3. The van der Waals surface area contributed by atoms with Gasteiger partial charge in [0.2, 0.25) is 11.8 Å². The standard InChI is InChI=1S/C17H17N3O4/c1-10(21)19-13-7-8-15(24-2)14(9-13)17(23)20-12-5-3-11(4-6-12)16(18)22/h3-9H,1-2H3,(H2,18,22)(H,19,21)(H,20,23). The zero-order chi connectivity index (χ0) is 17.7. The van der Waals surface area contributed by atoms with Crippen LogP contribution in [0.4, 0.5) is 11.4 Å². The summed E-state index contributed by atoms with van der Waals surface area (Å²) in [6, 6.07) is 10.9. The number of carbonyl (C=O) groups excluding carboxylic acids is 3. The summed E-state index contributed by atoms with van der Waals surface area (Å²) in [5.41, 5.74) is 6.77. The van der Waals surface area contributed by atoms with Crippen LogP contribution in [0.2, 0.25) is 0 Å². The first-order valence-electron chi connectivity index (χ1n) is 7.07. The largest absolute Gasteiger partial charge is 0.496 e. The van der Waals surface area contributed by atoms with E-state index >= 15 is 0 Å². The van der Waals surface area contributed by atoms with E-state index in [4.69, 9.17) is 10.5 Å². The Hall–Kier alpha value is -3.35. The number of benzene rings is 2. The van der Waals surface area contributed by atoms with Crippen molar-refractivity contribution in [2.45, 2.75) is 6.92 Å². The van der Waals surface area contributed by atoms with Crippen LogP contribution in [0.15, 0.2) is 42.5 Å². The maximum Gasteiger partial charge on any atom is 0.259 e. The predicted molar refractivity (Wildman–Crippen MR) is 90.2 cm³/mol. The molecular weight excluding hydrogens is 310 g/mol. The van der Waals surface area contributed by atoms with Crippen LogP contribution in [0.1, 0.15) is 27.6 Å². The molecule has 124 valence electrons. The van der Waals surface area contributed by atoms with E-state index in [-0.39, 0.29) is 11.5 Å². The maximum atomic E-state index is 12.5. The third-order valence-corrected chi connectivity index (χ3v) is 3.19. The van der Waals surface area contributed by atoms with Gasteiger partial charge in [-0.05, 0) is 42.5 Å². The molecular formula is C17H17N3O4. The molecule has 7 heteroatoms. The highest BCUT2D eigenvalue weighted by atomic mass is 16.5. The van der Waals surface area contributed by atoms with Crippen LogP contribution < -0.4 is 21.1 Å². The van der Waals surface area contributed by atoms with E-state index in [0.29, 0.717) is 22.7 Å². The monoisotopic (exact) mass is 327 g/mol. The molecule has 3 amide bonds. The van der Waals surface area contributed by atoms with E-state index in [1.807, 2.05) is 0 Å². The summed E-state index contributed by atoms with van der Waals surface area (Å²) in [6.07, 6.45) is 0. The van der Waals surface area contributed by atoms with Gasteiger partial charge in [0.15, 0.2) is 0 Å². The fraction of sp³-hybridized carbons (Fsp3) is 0.118. The van der Waals surface area contributed by atoms with Gasteiger partial charge in [0, 0.05) is 23.9 Å². The molecule has 7 nitrogen and oxygen atoms in total. The lowest BCUT2D eigenvalue weighted by molar-refractivity contribution is -0.114. The number of nitrogens with one attached hydrogen (secondary N) is 2. The first-order valence-corrected chi connectivity index (χ1v) is 7.07. The average molecular weight is 327 g/mol. The minimum atomic E-state index is -0.544. The normalized spacial score (nSPS) is 9.92. The Morgan fingerprint density at radius 3 is 2.12 bits per heavy atom. The van der Waals surface area contributed by atoms with E-state index in [1.54, 1.807) is 24.3 Å². The minimum absolute atomic E-state index is 0.242. The van der Waals surface area contributed by atoms with Crippen molar-refractivity contribution >= 4 is 29.1 Å². The van der Waals surface area contributed by atoms with Crippen molar-refractivity contribution in [3.63, 3.8) is 0 Å². The van der Waals surface area contributed by atoms with Gasteiger partial charge in [-0.3, -0.25) is 14.4 Å². The third-order valence-electron chi connectivity index (χ3n) is 3.19. The van der Waals surface area contributed by atoms with Gasteiger partial charge in [-0.15, -0.1) is 0 Å². The van der Waals surface area contributed by atoms with Gasteiger partial charge >= 0.3 is 0 Å². The quantitative estimate of drug-likeness (QED) is 0.780. The molecule has 2 aromatic carbocycles. The summed E-state index contributed by atoms with van der Waals surface area (Å²) < 4.78 is 5.18. The van der Waals surface area contributed by atoms with E-state index in [9.17, 15) is 14.4 Å². The highest BCUT2D eigenvalue weighted by Crippen LogP contribution is 2.24. The second-order valence-electron chi connectivity index (χ2n) is 4.99. The van der Waals surface area contributed by atoms with Gasteiger partial charge in [0.25, 0.3) is 5.91 Å².